The minimum absolute atomic E-state index is 0. The molecule has 0 aliphatic carbocycles. The third-order valence-electron chi connectivity index (χ3n) is 1.01. The van der Waals surface area contributed by atoms with Gasteiger partial charge in [-0.2, -0.15) is 8.34 Å². The summed E-state index contributed by atoms with van der Waals surface area (Å²) in [5.41, 5.74) is -1.92. The molecule has 0 spiro atoms. The first-order valence-corrected chi connectivity index (χ1v) is 5.36. The monoisotopic (exact) mass is 531 g/mol. The summed E-state index contributed by atoms with van der Waals surface area (Å²) >= 11 is 4.61. The molecule has 1 aromatic heterocycles. The van der Waals surface area contributed by atoms with E-state index in [-0.39, 0.29) is 31.0 Å². The van der Waals surface area contributed by atoms with Gasteiger partial charge in [0, 0.05) is 0 Å². The van der Waals surface area contributed by atoms with Crippen molar-refractivity contribution in [3.63, 3.8) is 0 Å². The maximum atomic E-state index is 11.1. The van der Waals surface area contributed by atoms with Crippen LogP contribution in [0.15, 0.2) is 14.4 Å². The average molecular weight is 531 g/mol. The van der Waals surface area contributed by atoms with Crippen LogP contribution in [0.3, 0.4) is 0 Å². The molecule has 0 saturated carbocycles. The van der Waals surface area contributed by atoms with Crippen molar-refractivity contribution in [3.05, 3.63) is 31.5 Å². The standard InChI is InChI=1S/C3I3N3O3.Na.H/c4-7-1(10)8(5)3(12)9(6)2(7)11;;/q;+1;-1. The van der Waals surface area contributed by atoms with Gasteiger partial charge in [-0.3, -0.25) is 0 Å². The third kappa shape index (κ3) is 2.79. The Bertz CT molecular complexity index is 391. The molecule has 0 fully saturated rings. The summed E-state index contributed by atoms with van der Waals surface area (Å²) in [5, 5.41) is 0. The molecule has 0 saturated heterocycles. The summed E-state index contributed by atoms with van der Waals surface area (Å²) in [5.74, 6) is 0. The molecular formula is C3HI3N3NaO3. The number of hydrogen-bond donors (Lipinski definition) is 0. The second-order valence-corrected chi connectivity index (χ2v) is 4.58. The van der Waals surface area contributed by atoms with Crippen molar-refractivity contribution in [2.24, 2.45) is 0 Å². The average Bonchev–Trinajstić information content (AvgIpc) is 2.08. The molecule has 0 aliphatic heterocycles. The summed E-state index contributed by atoms with van der Waals surface area (Å²) in [6.07, 6.45) is 0. The zero-order valence-electron chi connectivity index (χ0n) is 7.20. The smallest absolute Gasteiger partial charge is 1.00 e. The zero-order valence-corrected chi connectivity index (χ0v) is 14.7. The van der Waals surface area contributed by atoms with Crippen LogP contribution >= 0.6 is 68.6 Å². The van der Waals surface area contributed by atoms with E-state index in [9.17, 15) is 14.4 Å². The molecule has 6 nitrogen and oxygen atoms in total. The summed E-state index contributed by atoms with van der Waals surface area (Å²) in [4.78, 5) is 33.2. The van der Waals surface area contributed by atoms with Crippen LogP contribution in [0.5, 0.6) is 0 Å². The number of aromatic nitrogens is 3. The molecule has 10 heteroatoms. The van der Waals surface area contributed by atoms with Gasteiger partial charge in [0.05, 0.1) is 68.6 Å². The van der Waals surface area contributed by atoms with Gasteiger partial charge in [0.15, 0.2) is 0 Å². The summed E-state index contributed by atoms with van der Waals surface area (Å²) in [6, 6.07) is 0. The van der Waals surface area contributed by atoms with Gasteiger partial charge >= 0.3 is 46.6 Å². The van der Waals surface area contributed by atoms with Crippen molar-refractivity contribution >= 4 is 68.6 Å². The Labute approximate surface area is 137 Å². The van der Waals surface area contributed by atoms with Gasteiger partial charge in [-0.05, 0) is 0 Å². The predicted molar refractivity (Wildman–Crippen MR) is 68.6 cm³/mol. The molecule has 0 bridgehead atoms. The molecule has 1 heterocycles. The number of hydrogen-bond acceptors (Lipinski definition) is 3. The fraction of sp³-hybridized carbons (Fsp3) is 0. The van der Waals surface area contributed by atoms with Crippen LogP contribution in [-0.2, 0) is 0 Å². The van der Waals surface area contributed by atoms with E-state index in [1.54, 1.807) is 0 Å². The predicted octanol–water partition coefficient (Wildman–Crippen LogP) is -3.12. The first-order valence-electron chi connectivity index (χ1n) is 2.46. The Morgan fingerprint density at radius 2 is 0.923 bits per heavy atom. The topological polar surface area (TPSA) is 66.0 Å². The SMILES string of the molecule is O=c1n(I)c(=O)n(I)c(=O)n1I.[H-].[Na+]. The van der Waals surface area contributed by atoms with Crippen LogP contribution < -0.4 is 46.6 Å². The van der Waals surface area contributed by atoms with Crippen molar-refractivity contribution in [2.75, 3.05) is 0 Å². The molecule has 0 radical (unpaired) electrons. The Morgan fingerprint density at radius 1 is 0.769 bits per heavy atom. The van der Waals surface area contributed by atoms with E-state index in [2.05, 4.69) is 0 Å². The van der Waals surface area contributed by atoms with Crippen LogP contribution in [0.1, 0.15) is 1.43 Å². The van der Waals surface area contributed by atoms with Gasteiger partial charge in [0.1, 0.15) is 0 Å². The van der Waals surface area contributed by atoms with Crippen LogP contribution in [0.25, 0.3) is 0 Å². The van der Waals surface area contributed by atoms with Gasteiger partial charge in [-0.1, -0.05) is 0 Å². The van der Waals surface area contributed by atoms with Gasteiger partial charge in [0.2, 0.25) is 0 Å². The molecule has 0 amide bonds. The quantitative estimate of drug-likeness (QED) is 0.264. The van der Waals surface area contributed by atoms with Gasteiger partial charge in [0.25, 0.3) is 0 Å². The molecule has 1 rings (SSSR count). The maximum absolute atomic E-state index is 11.1. The second-order valence-electron chi connectivity index (χ2n) is 1.69. The van der Waals surface area contributed by atoms with Crippen molar-refractivity contribution in [1.82, 2.24) is 8.34 Å². The molecule has 1 aromatic rings. The Hall–Kier alpha value is 1.60. The summed E-state index contributed by atoms with van der Waals surface area (Å²) in [7, 11) is 0. The molecule has 0 aliphatic rings. The van der Waals surface area contributed by atoms with Crippen LogP contribution in [0.4, 0.5) is 0 Å². The summed E-state index contributed by atoms with van der Waals surface area (Å²) in [6.45, 7) is 0. The summed E-state index contributed by atoms with van der Waals surface area (Å²) < 4.78 is 2.49. The Kier molecular flexibility index (Phi) is 6.31. The number of rotatable bonds is 0. The first-order chi connectivity index (χ1) is 5.46. The van der Waals surface area contributed by atoms with Crippen molar-refractivity contribution in [3.8, 4) is 0 Å². The van der Waals surface area contributed by atoms with E-state index in [0.29, 0.717) is 0 Å². The molecule has 0 aromatic carbocycles. The van der Waals surface area contributed by atoms with E-state index >= 15 is 0 Å². The van der Waals surface area contributed by atoms with Crippen molar-refractivity contribution in [1.29, 1.82) is 0 Å². The zero-order chi connectivity index (χ0) is 9.46. The normalized spacial score (nSPS) is 9.46. The Balaban J connectivity index is 0. The van der Waals surface area contributed by atoms with Crippen LogP contribution in [0.2, 0.25) is 0 Å². The minimum Gasteiger partial charge on any atom is -1.00 e. The molecule has 13 heavy (non-hydrogen) atoms. The minimum atomic E-state index is -0.640. The number of nitrogens with zero attached hydrogens (tertiary/aromatic N) is 3. The molecule has 0 atom stereocenters. The van der Waals surface area contributed by atoms with E-state index in [0.717, 1.165) is 8.34 Å². The van der Waals surface area contributed by atoms with Gasteiger partial charge in [-0.15, -0.1) is 0 Å². The second kappa shape index (κ2) is 5.62. The third-order valence-corrected chi connectivity index (χ3v) is 3.48. The molecule has 68 valence electrons. The van der Waals surface area contributed by atoms with Gasteiger partial charge in [-0.25, -0.2) is 14.4 Å². The molecule has 0 N–H and O–H groups in total. The largest absolute Gasteiger partial charge is 1.00 e. The van der Waals surface area contributed by atoms with Crippen LogP contribution in [-0.4, -0.2) is 8.34 Å². The molecular weight excluding hydrogens is 530 g/mol. The van der Waals surface area contributed by atoms with E-state index < -0.39 is 17.1 Å². The fourth-order valence-corrected chi connectivity index (χ4v) is 3.01. The first kappa shape index (κ1) is 14.6. The Morgan fingerprint density at radius 3 is 1.08 bits per heavy atom. The molecule has 0 unspecified atom stereocenters. The fourth-order valence-electron chi connectivity index (χ4n) is 0.477. The van der Waals surface area contributed by atoms with Gasteiger partial charge < -0.3 is 1.43 Å². The van der Waals surface area contributed by atoms with E-state index in [1.807, 2.05) is 0 Å². The number of halogens is 3. The maximum Gasteiger partial charge on any atom is 1.00 e. The van der Waals surface area contributed by atoms with E-state index in [4.69, 9.17) is 0 Å². The van der Waals surface area contributed by atoms with Crippen LogP contribution in [0, 0.1) is 0 Å². The van der Waals surface area contributed by atoms with E-state index in [1.165, 1.54) is 68.6 Å². The van der Waals surface area contributed by atoms with Crippen molar-refractivity contribution in [2.45, 2.75) is 0 Å². The van der Waals surface area contributed by atoms with Crippen molar-refractivity contribution < 1.29 is 31.0 Å².